The zero-order chi connectivity index (χ0) is 17.9. The van der Waals surface area contributed by atoms with Crippen LogP contribution < -0.4 is 10.9 Å². The van der Waals surface area contributed by atoms with E-state index in [1.165, 1.54) is 25.7 Å². The third-order valence-electron chi connectivity index (χ3n) is 5.47. The van der Waals surface area contributed by atoms with Crippen LogP contribution in [0.1, 0.15) is 49.0 Å². The minimum Gasteiger partial charge on any atom is -0.349 e. The lowest BCUT2D eigenvalue weighted by atomic mass is 9.88. The van der Waals surface area contributed by atoms with E-state index in [0.717, 1.165) is 12.8 Å². The number of carbonyl (C=O) groups is 1. The van der Waals surface area contributed by atoms with Crippen molar-refractivity contribution < 1.29 is 4.79 Å². The third-order valence-corrected chi connectivity index (χ3v) is 5.47. The molecule has 1 amide bonds. The van der Waals surface area contributed by atoms with Crippen molar-refractivity contribution in [3.05, 3.63) is 40.3 Å². The third kappa shape index (κ3) is 3.58. The van der Waals surface area contributed by atoms with Crippen LogP contribution in [-0.4, -0.2) is 47.2 Å². The molecule has 6 heteroatoms. The predicted octanol–water partition coefficient (Wildman–Crippen LogP) is 2.31. The lowest BCUT2D eigenvalue weighted by Gasteiger charge is -2.39. The number of fused-ring (bicyclic) bond motifs is 1. The molecule has 1 aromatic carbocycles. The molecule has 0 spiro atoms. The Bertz CT molecular complexity index is 804. The molecular weight excluding hydrogens is 316 g/mol. The SMILES string of the molecule is CN(C)C1(CNC(=O)c2n[nH]c(=O)c3ccccc23)CCCCCC1. The average molecular weight is 342 g/mol. The van der Waals surface area contributed by atoms with E-state index in [1.54, 1.807) is 18.2 Å². The van der Waals surface area contributed by atoms with Crippen molar-refractivity contribution in [1.29, 1.82) is 0 Å². The summed E-state index contributed by atoms with van der Waals surface area (Å²) in [6.45, 7) is 0.591. The van der Waals surface area contributed by atoms with E-state index < -0.39 is 0 Å². The quantitative estimate of drug-likeness (QED) is 0.836. The number of hydrogen-bond donors (Lipinski definition) is 2. The minimum absolute atomic E-state index is 0.00977. The molecule has 3 rings (SSSR count). The maximum absolute atomic E-state index is 12.7. The summed E-state index contributed by atoms with van der Waals surface area (Å²) in [4.78, 5) is 26.9. The molecule has 2 aromatic rings. The summed E-state index contributed by atoms with van der Waals surface area (Å²) in [5.74, 6) is -0.238. The minimum atomic E-state index is -0.277. The number of nitrogens with one attached hydrogen (secondary N) is 2. The van der Waals surface area contributed by atoms with Crippen molar-refractivity contribution in [2.24, 2.45) is 0 Å². The van der Waals surface area contributed by atoms with Crippen molar-refractivity contribution in [3.63, 3.8) is 0 Å². The second-order valence-corrected chi connectivity index (χ2v) is 7.16. The molecule has 1 aliphatic carbocycles. The van der Waals surface area contributed by atoms with Gasteiger partial charge in [-0.05, 0) is 33.0 Å². The fourth-order valence-electron chi connectivity index (χ4n) is 3.79. The molecule has 134 valence electrons. The number of carbonyl (C=O) groups excluding carboxylic acids is 1. The number of hydrogen-bond acceptors (Lipinski definition) is 4. The van der Waals surface area contributed by atoms with Crippen LogP contribution in [0.15, 0.2) is 29.1 Å². The molecule has 6 nitrogen and oxygen atoms in total. The van der Waals surface area contributed by atoms with Gasteiger partial charge in [0.15, 0.2) is 5.69 Å². The fourth-order valence-corrected chi connectivity index (χ4v) is 3.79. The van der Waals surface area contributed by atoms with Crippen molar-refractivity contribution in [2.75, 3.05) is 20.6 Å². The van der Waals surface area contributed by atoms with Crippen LogP contribution in [0.5, 0.6) is 0 Å². The zero-order valence-corrected chi connectivity index (χ0v) is 15.0. The van der Waals surface area contributed by atoms with Crippen LogP contribution in [0.2, 0.25) is 0 Å². The number of aromatic amines is 1. The number of likely N-dealkylation sites (N-methyl/N-ethyl adjacent to an activating group) is 1. The smallest absolute Gasteiger partial charge is 0.272 e. The van der Waals surface area contributed by atoms with Crippen LogP contribution in [-0.2, 0) is 0 Å². The molecule has 1 aliphatic rings. The van der Waals surface area contributed by atoms with E-state index >= 15 is 0 Å². The molecule has 1 heterocycles. The first kappa shape index (κ1) is 17.6. The predicted molar refractivity (Wildman–Crippen MR) is 98.8 cm³/mol. The molecule has 0 unspecified atom stereocenters. The van der Waals surface area contributed by atoms with Gasteiger partial charge in [-0.2, -0.15) is 5.10 Å². The first-order chi connectivity index (χ1) is 12.0. The van der Waals surface area contributed by atoms with Gasteiger partial charge in [-0.1, -0.05) is 43.9 Å². The largest absolute Gasteiger partial charge is 0.349 e. The number of benzene rings is 1. The van der Waals surface area contributed by atoms with Gasteiger partial charge in [0, 0.05) is 17.5 Å². The zero-order valence-electron chi connectivity index (χ0n) is 15.0. The molecule has 1 fully saturated rings. The highest BCUT2D eigenvalue weighted by Gasteiger charge is 2.33. The molecule has 2 N–H and O–H groups in total. The van der Waals surface area contributed by atoms with E-state index in [0.29, 0.717) is 17.3 Å². The van der Waals surface area contributed by atoms with E-state index in [9.17, 15) is 9.59 Å². The standard InChI is InChI=1S/C19H26N4O2/c1-23(2)19(11-7-3-4-8-12-19)13-20-18(25)16-14-9-5-6-10-15(14)17(24)22-21-16/h5-6,9-10H,3-4,7-8,11-13H2,1-2H3,(H,20,25)(H,22,24). The van der Waals surface area contributed by atoms with Gasteiger partial charge in [-0.15, -0.1) is 0 Å². The molecule has 0 radical (unpaired) electrons. The van der Waals surface area contributed by atoms with Crippen molar-refractivity contribution in [2.45, 2.75) is 44.1 Å². The lowest BCUT2D eigenvalue weighted by Crippen LogP contribution is -2.52. The van der Waals surface area contributed by atoms with Crippen LogP contribution in [0.3, 0.4) is 0 Å². The Hall–Kier alpha value is -2.21. The number of rotatable bonds is 4. The number of amides is 1. The van der Waals surface area contributed by atoms with Gasteiger partial charge in [0.2, 0.25) is 0 Å². The highest BCUT2D eigenvalue weighted by Crippen LogP contribution is 2.30. The second-order valence-electron chi connectivity index (χ2n) is 7.16. The Kier molecular flexibility index (Phi) is 5.18. The summed E-state index contributed by atoms with van der Waals surface area (Å²) in [5.41, 5.74) is -0.0112. The lowest BCUT2D eigenvalue weighted by molar-refractivity contribution is 0.0865. The molecule has 0 atom stereocenters. The van der Waals surface area contributed by atoms with Crippen molar-refractivity contribution in [3.8, 4) is 0 Å². The Morgan fingerprint density at radius 2 is 1.80 bits per heavy atom. The molecule has 0 saturated heterocycles. The normalized spacial score (nSPS) is 17.4. The fraction of sp³-hybridized carbons (Fsp3) is 0.526. The van der Waals surface area contributed by atoms with Gasteiger partial charge in [0.05, 0.1) is 5.39 Å². The highest BCUT2D eigenvalue weighted by molar-refractivity contribution is 6.04. The highest BCUT2D eigenvalue weighted by atomic mass is 16.2. The monoisotopic (exact) mass is 342 g/mol. The summed E-state index contributed by atoms with van der Waals surface area (Å²) in [6, 6.07) is 7.07. The summed E-state index contributed by atoms with van der Waals surface area (Å²) in [5, 5.41) is 10.6. The average Bonchev–Trinajstić information content (AvgIpc) is 2.87. The molecule has 0 aliphatic heterocycles. The van der Waals surface area contributed by atoms with E-state index in [2.05, 4.69) is 34.5 Å². The molecule has 1 saturated carbocycles. The molecule has 25 heavy (non-hydrogen) atoms. The first-order valence-electron chi connectivity index (χ1n) is 8.97. The molecule has 0 bridgehead atoms. The van der Waals surface area contributed by atoms with E-state index in [1.807, 2.05) is 6.07 Å². The summed E-state index contributed by atoms with van der Waals surface area (Å²) in [7, 11) is 4.18. The van der Waals surface area contributed by atoms with Gasteiger partial charge >= 0.3 is 0 Å². The van der Waals surface area contributed by atoms with Gasteiger partial charge in [0.25, 0.3) is 11.5 Å². The molecule has 1 aromatic heterocycles. The van der Waals surface area contributed by atoms with Crippen LogP contribution >= 0.6 is 0 Å². The van der Waals surface area contributed by atoms with Crippen LogP contribution in [0.4, 0.5) is 0 Å². The first-order valence-corrected chi connectivity index (χ1v) is 8.97. The Morgan fingerprint density at radius 3 is 2.44 bits per heavy atom. The summed E-state index contributed by atoms with van der Waals surface area (Å²) >= 11 is 0. The Balaban J connectivity index is 1.83. The number of nitrogens with zero attached hydrogens (tertiary/aromatic N) is 2. The molecular formula is C19H26N4O2. The number of aromatic nitrogens is 2. The topological polar surface area (TPSA) is 78.1 Å². The number of H-pyrrole nitrogens is 1. The van der Waals surface area contributed by atoms with Crippen molar-refractivity contribution >= 4 is 16.7 Å². The van der Waals surface area contributed by atoms with Crippen LogP contribution in [0, 0.1) is 0 Å². The van der Waals surface area contributed by atoms with E-state index in [4.69, 9.17) is 0 Å². The van der Waals surface area contributed by atoms with Crippen molar-refractivity contribution in [1.82, 2.24) is 20.4 Å². The Morgan fingerprint density at radius 1 is 1.16 bits per heavy atom. The van der Waals surface area contributed by atoms with Gasteiger partial charge in [0.1, 0.15) is 0 Å². The van der Waals surface area contributed by atoms with Gasteiger partial charge in [-0.3, -0.25) is 9.59 Å². The maximum atomic E-state index is 12.7. The Labute approximate surface area is 147 Å². The van der Waals surface area contributed by atoms with Crippen LogP contribution in [0.25, 0.3) is 10.8 Å². The van der Waals surface area contributed by atoms with Gasteiger partial charge < -0.3 is 10.2 Å². The maximum Gasteiger partial charge on any atom is 0.272 e. The summed E-state index contributed by atoms with van der Waals surface area (Å²) < 4.78 is 0. The van der Waals surface area contributed by atoms with Gasteiger partial charge in [-0.25, -0.2) is 5.10 Å². The summed E-state index contributed by atoms with van der Waals surface area (Å²) in [6.07, 6.45) is 7.06. The second kappa shape index (κ2) is 7.35. The van der Waals surface area contributed by atoms with E-state index in [-0.39, 0.29) is 22.7 Å².